The maximum Gasteiger partial charge on any atom is 0.410 e. The van der Waals surface area contributed by atoms with Gasteiger partial charge in [-0.15, -0.1) is 0 Å². The standard InChI is InChI=1S/C14H25NO3S/c1-9-7-12(11(3)19-17)10(2)15(8-9)13(16)18-14(4,5)6/h9-10,12H,7-8H2,1-6H3. The molecule has 0 aromatic carbocycles. The lowest BCUT2D eigenvalue weighted by molar-refractivity contribution is 0.00164. The van der Waals surface area contributed by atoms with Crippen molar-refractivity contribution in [2.24, 2.45) is 11.8 Å². The van der Waals surface area contributed by atoms with Gasteiger partial charge < -0.3 is 9.64 Å². The lowest BCUT2D eigenvalue weighted by Crippen LogP contribution is -2.52. The summed E-state index contributed by atoms with van der Waals surface area (Å²) in [5.41, 5.74) is -0.487. The van der Waals surface area contributed by atoms with Crippen molar-refractivity contribution in [3.63, 3.8) is 0 Å². The Morgan fingerprint density at radius 2 is 1.89 bits per heavy atom. The van der Waals surface area contributed by atoms with Crippen LogP contribution in [0.2, 0.25) is 0 Å². The first-order valence-corrected chi connectivity index (χ1v) is 7.52. The van der Waals surface area contributed by atoms with Gasteiger partial charge in [0.25, 0.3) is 0 Å². The van der Waals surface area contributed by atoms with Gasteiger partial charge in [0.2, 0.25) is 0 Å². The summed E-state index contributed by atoms with van der Waals surface area (Å²) in [6.45, 7) is 12.3. The summed E-state index contributed by atoms with van der Waals surface area (Å²) in [5.74, 6) is 0.537. The second-order valence-electron chi connectivity index (χ2n) is 6.51. The molecular weight excluding hydrogens is 262 g/mol. The zero-order valence-corrected chi connectivity index (χ0v) is 13.5. The Hall–Kier alpha value is -0.840. The van der Waals surface area contributed by atoms with Gasteiger partial charge >= 0.3 is 6.09 Å². The monoisotopic (exact) mass is 287 g/mol. The molecule has 1 aliphatic rings. The van der Waals surface area contributed by atoms with Crippen LogP contribution < -0.4 is 0 Å². The number of hydrogen-bond donors (Lipinski definition) is 0. The summed E-state index contributed by atoms with van der Waals surface area (Å²) in [6, 6.07) is 0.0208. The largest absolute Gasteiger partial charge is 0.444 e. The highest BCUT2D eigenvalue weighted by Crippen LogP contribution is 2.29. The van der Waals surface area contributed by atoms with Gasteiger partial charge in [-0.05, 0) is 47.0 Å². The van der Waals surface area contributed by atoms with Crippen LogP contribution in [-0.2, 0) is 16.0 Å². The topological polar surface area (TPSA) is 46.6 Å². The Balaban J connectivity index is 2.88. The Bertz CT molecular complexity index is 396. The highest BCUT2D eigenvalue weighted by Gasteiger charge is 2.37. The molecule has 1 saturated heterocycles. The molecule has 4 nitrogen and oxygen atoms in total. The van der Waals surface area contributed by atoms with Crippen LogP contribution in [0.4, 0.5) is 4.79 Å². The zero-order valence-electron chi connectivity index (χ0n) is 12.7. The fraction of sp³-hybridized carbons (Fsp3) is 0.857. The first-order chi connectivity index (χ1) is 8.65. The van der Waals surface area contributed by atoms with Crippen molar-refractivity contribution in [3.8, 4) is 0 Å². The highest BCUT2D eigenvalue weighted by molar-refractivity contribution is 7.66. The van der Waals surface area contributed by atoms with Crippen molar-refractivity contribution in [1.82, 2.24) is 4.90 Å². The van der Waals surface area contributed by atoms with E-state index in [1.165, 1.54) is 0 Å². The third-order valence-corrected chi connectivity index (χ3v) is 4.09. The summed E-state index contributed by atoms with van der Waals surface area (Å²) >= 11 is 0.552. The minimum absolute atomic E-state index is 0.0208. The Morgan fingerprint density at radius 3 is 2.37 bits per heavy atom. The molecule has 0 aromatic rings. The summed E-state index contributed by atoms with van der Waals surface area (Å²) in [4.78, 5) is 14.9. The van der Waals surface area contributed by atoms with Gasteiger partial charge in [-0.2, -0.15) is 0 Å². The van der Waals surface area contributed by atoms with Crippen molar-refractivity contribution in [2.75, 3.05) is 6.54 Å². The van der Waals surface area contributed by atoms with Crippen molar-refractivity contribution in [2.45, 2.75) is 59.6 Å². The van der Waals surface area contributed by atoms with Gasteiger partial charge in [0.05, 0.1) is 11.3 Å². The van der Waals surface area contributed by atoms with Crippen molar-refractivity contribution < 1.29 is 13.7 Å². The Morgan fingerprint density at radius 1 is 1.32 bits per heavy atom. The normalized spacial score (nSPS) is 27.9. The summed E-state index contributed by atoms with van der Waals surface area (Å²) in [6.07, 6.45) is 0.682. The van der Waals surface area contributed by atoms with Gasteiger partial charge in [-0.1, -0.05) is 6.92 Å². The molecule has 0 aliphatic carbocycles. The number of nitrogens with zero attached hydrogens (tertiary/aromatic N) is 1. The molecule has 0 saturated carbocycles. The molecule has 1 amide bonds. The summed E-state index contributed by atoms with van der Waals surface area (Å²) in [7, 11) is 0. The summed E-state index contributed by atoms with van der Waals surface area (Å²) < 4.78 is 16.5. The molecule has 3 unspecified atom stereocenters. The van der Waals surface area contributed by atoms with Gasteiger partial charge in [0.15, 0.2) is 0 Å². The molecule has 3 atom stereocenters. The Labute approximate surface area is 119 Å². The van der Waals surface area contributed by atoms with Crippen LogP contribution in [0.15, 0.2) is 0 Å². The highest BCUT2D eigenvalue weighted by atomic mass is 32.1. The van der Waals surface area contributed by atoms with Gasteiger partial charge in [-0.25, -0.2) is 9.00 Å². The number of amides is 1. The molecule has 0 radical (unpaired) electrons. The number of ether oxygens (including phenoxy) is 1. The van der Waals surface area contributed by atoms with E-state index >= 15 is 0 Å². The molecule has 1 rings (SSSR count). The van der Waals surface area contributed by atoms with Crippen molar-refractivity contribution >= 4 is 22.2 Å². The average molecular weight is 287 g/mol. The second kappa shape index (κ2) is 6.07. The van der Waals surface area contributed by atoms with E-state index in [0.29, 0.717) is 23.7 Å². The van der Waals surface area contributed by atoms with E-state index in [1.54, 1.807) is 4.90 Å². The SMILES string of the molecule is CC(=S=O)C1CC(C)CN(C(=O)OC(C)(C)C)C1C. The quantitative estimate of drug-likeness (QED) is 0.697. The van der Waals surface area contributed by atoms with Crippen LogP contribution in [0.5, 0.6) is 0 Å². The first-order valence-electron chi connectivity index (χ1n) is 6.78. The maximum atomic E-state index is 12.2. The van der Waals surface area contributed by atoms with E-state index in [4.69, 9.17) is 4.74 Å². The molecule has 0 N–H and O–H groups in total. The van der Waals surface area contributed by atoms with Crippen LogP contribution in [0.3, 0.4) is 0 Å². The van der Waals surface area contributed by atoms with Crippen LogP contribution in [0.1, 0.15) is 48.0 Å². The van der Waals surface area contributed by atoms with Crippen LogP contribution in [-0.4, -0.2) is 38.3 Å². The number of rotatable bonds is 1. The average Bonchev–Trinajstić information content (AvgIpc) is 2.28. The summed E-state index contributed by atoms with van der Waals surface area (Å²) in [5, 5.41) is 0. The molecule has 1 heterocycles. The fourth-order valence-corrected chi connectivity index (χ4v) is 2.97. The van der Waals surface area contributed by atoms with E-state index < -0.39 is 5.60 Å². The van der Waals surface area contributed by atoms with Crippen LogP contribution in [0, 0.1) is 11.8 Å². The molecule has 0 bridgehead atoms. The van der Waals surface area contributed by atoms with E-state index in [2.05, 4.69) is 6.92 Å². The number of carbonyl (C=O) groups is 1. The zero-order chi connectivity index (χ0) is 14.8. The number of likely N-dealkylation sites (tertiary alicyclic amines) is 1. The molecular formula is C14H25NO3S. The molecule has 0 spiro atoms. The minimum atomic E-state index is -0.487. The van der Waals surface area contributed by atoms with Crippen molar-refractivity contribution in [1.29, 1.82) is 0 Å². The molecule has 1 fully saturated rings. The van der Waals surface area contributed by atoms with Crippen molar-refractivity contribution in [3.05, 3.63) is 0 Å². The fourth-order valence-electron chi connectivity index (χ4n) is 2.55. The van der Waals surface area contributed by atoms with E-state index in [9.17, 15) is 9.00 Å². The predicted molar refractivity (Wildman–Crippen MR) is 78.5 cm³/mol. The number of piperidine rings is 1. The smallest absolute Gasteiger partial charge is 0.410 e. The lowest BCUT2D eigenvalue weighted by Gasteiger charge is -2.42. The Kier molecular flexibility index (Phi) is 5.18. The number of carbonyl (C=O) groups excluding carboxylic acids is 1. The third kappa shape index (κ3) is 4.34. The van der Waals surface area contributed by atoms with E-state index in [1.807, 2.05) is 34.6 Å². The van der Waals surface area contributed by atoms with E-state index in [0.717, 1.165) is 11.3 Å². The minimum Gasteiger partial charge on any atom is -0.444 e. The third-order valence-electron chi connectivity index (χ3n) is 3.52. The molecule has 1 aliphatic heterocycles. The molecule has 0 aromatic heterocycles. The maximum absolute atomic E-state index is 12.2. The van der Waals surface area contributed by atoms with Gasteiger partial charge in [0.1, 0.15) is 5.60 Å². The first kappa shape index (κ1) is 16.2. The predicted octanol–water partition coefficient (Wildman–Crippen LogP) is 2.67. The van der Waals surface area contributed by atoms with Crippen LogP contribution >= 0.6 is 0 Å². The van der Waals surface area contributed by atoms with E-state index in [-0.39, 0.29) is 18.1 Å². The number of hydrogen-bond acceptors (Lipinski definition) is 3. The molecule has 110 valence electrons. The second-order valence-corrected chi connectivity index (χ2v) is 7.33. The van der Waals surface area contributed by atoms with Gasteiger partial charge in [0, 0.05) is 23.4 Å². The van der Waals surface area contributed by atoms with Gasteiger partial charge in [-0.3, -0.25) is 0 Å². The lowest BCUT2D eigenvalue weighted by atomic mass is 9.83. The molecule has 5 heteroatoms. The van der Waals surface area contributed by atoms with Crippen LogP contribution in [0.25, 0.3) is 0 Å². The molecule has 19 heavy (non-hydrogen) atoms.